The quantitative estimate of drug-likeness (QED) is 0.540. The molecule has 29 heavy (non-hydrogen) atoms. The molecule has 3 heterocycles. The number of thiophene rings is 1. The number of piperazine rings is 1. The Morgan fingerprint density at radius 2 is 1.90 bits per heavy atom. The summed E-state index contributed by atoms with van der Waals surface area (Å²) >= 11 is 3.32. The van der Waals surface area contributed by atoms with Crippen molar-refractivity contribution in [3.8, 4) is 9.88 Å². The van der Waals surface area contributed by atoms with E-state index in [9.17, 15) is 13.2 Å². The molecule has 1 aliphatic heterocycles. The third-order valence-electron chi connectivity index (χ3n) is 4.88. The smallest absolute Gasteiger partial charge is 0.243 e. The van der Waals surface area contributed by atoms with Crippen LogP contribution in [-0.4, -0.2) is 54.6 Å². The zero-order valence-electron chi connectivity index (χ0n) is 15.9. The normalized spacial score (nSPS) is 16.2. The highest BCUT2D eigenvalue weighted by Gasteiger charge is 2.29. The number of ketones is 1. The van der Waals surface area contributed by atoms with Crippen molar-refractivity contribution in [2.45, 2.75) is 18.4 Å². The first-order chi connectivity index (χ1) is 13.9. The molecule has 6 nitrogen and oxygen atoms in total. The Morgan fingerprint density at radius 1 is 1.10 bits per heavy atom. The summed E-state index contributed by atoms with van der Waals surface area (Å²) in [6, 6.07) is 10.4. The maximum absolute atomic E-state index is 12.9. The van der Waals surface area contributed by atoms with Gasteiger partial charge in [0.05, 0.1) is 15.5 Å². The highest BCUT2D eigenvalue weighted by molar-refractivity contribution is 7.89. The molecule has 0 amide bonds. The molecule has 4 rings (SSSR count). The maximum atomic E-state index is 12.9. The minimum absolute atomic E-state index is 0.142. The van der Waals surface area contributed by atoms with Crippen LogP contribution in [0.1, 0.15) is 23.0 Å². The van der Waals surface area contributed by atoms with E-state index in [1.165, 1.54) is 22.2 Å². The summed E-state index contributed by atoms with van der Waals surface area (Å²) in [7, 11) is -3.60. The summed E-state index contributed by atoms with van der Waals surface area (Å²) in [5, 5.41) is 5.15. The van der Waals surface area contributed by atoms with Crippen LogP contribution in [0.5, 0.6) is 0 Å². The zero-order valence-corrected chi connectivity index (χ0v) is 18.4. The Hall–Kier alpha value is -1.91. The number of benzene rings is 1. The van der Waals surface area contributed by atoms with Gasteiger partial charge in [-0.2, -0.15) is 4.31 Å². The molecule has 3 aromatic rings. The third kappa shape index (κ3) is 4.49. The Bertz CT molecular complexity index is 1100. The first kappa shape index (κ1) is 20.4. The molecular weight excluding hydrogens is 426 g/mol. The average molecular weight is 448 g/mol. The van der Waals surface area contributed by atoms with Gasteiger partial charge in [0.25, 0.3) is 0 Å². The molecule has 9 heteroatoms. The van der Waals surface area contributed by atoms with Crippen LogP contribution in [0.4, 0.5) is 0 Å². The fourth-order valence-electron chi connectivity index (χ4n) is 3.27. The molecule has 1 aromatic carbocycles. The minimum Gasteiger partial charge on any atom is -0.295 e. The average Bonchev–Trinajstić information content (AvgIpc) is 3.40. The van der Waals surface area contributed by atoms with E-state index < -0.39 is 10.0 Å². The van der Waals surface area contributed by atoms with Gasteiger partial charge >= 0.3 is 0 Å². The van der Waals surface area contributed by atoms with E-state index in [-0.39, 0.29) is 10.7 Å². The van der Waals surface area contributed by atoms with Crippen LogP contribution in [0.3, 0.4) is 0 Å². The van der Waals surface area contributed by atoms with Gasteiger partial charge in [0, 0.05) is 43.7 Å². The van der Waals surface area contributed by atoms with Crippen molar-refractivity contribution in [2.75, 3.05) is 26.2 Å². The molecule has 0 saturated carbocycles. The Kier molecular flexibility index (Phi) is 5.93. The molecule has 2 aromatic heterocycles. The number of sulfonamides is 1. The van der Waals surface area contributed by atoms with Crippen LogP contribution in [0.25, 0.3) is 9.88 Å². The van der Waals surface area contributed by atoms with Crippen LogP contribution in [-0.2, 0) is 16.6 Å². The second-order valence-electron chi connectivity index (χ2n) is 6.89. The first-order valence-corrected chi connectivity index (χ1v) is 12.5. The van der Waals surface area contributed by atoms with Gasteiger partial charge in [0.15, 0.2) is 5.78 Å². The van der Waals surface area contributed by atoms with E-state index in [0.29, 0.717) is 31.7 Å². The highest BCUT2D eigenvalue weighted by atomic mass is 32.2. The largest absolute Gasteiger partial charge is 0.295 e. The number of Topliss-reactive ketones (excluding diaryl/α,β-unsaturated/α-hetero) is 1. The van der Waals surface area contributed by atoms with Gasteiger partial charge in [-0.3, -0.25) is 9.69 Å². The molecule has 1 aliphatic rings. The van der Waals surface area contributed by atoms with Gasteiger partial charge in [-0.05, 0) is 30.5 Å². The lowest BCUT2D eigenvalue weighted by Crippen LogP contribution is -2.48. The van der Waals surface area contributed by atoms with E-state index in [1.54, 1.807) is 40.9 Å². The minimum atomic E-state index is -3.60. The van der Waals surface area contributed by atoms with Crippen LogP contribution in [0.15, 0.2) is 52.1 Å². The molecule has 0 spiro atoms. The van der Waals surface area contributed by atoms with Crippen molar-refractivity contribution in [1.29, 1.82) is 0 Å². The van der Waals surface area contributed by atoms with Crippen molar-refractivity contribution >= 4 is 38.5 Å². The number of aromatic nitrogens is 1. The van der Waals surface area contributed by atoms with Crippen molar-refractivity contribution < 1.29 is 13.2 Å². The second-order valence-corrected chi connectivity index (χ2v) is 10.6. The Labute approximate surface area is 178 Å². The van der Waals surface area contributed by atoms with Gasteiger partial charge in [-0.1, -0.05) is 18.2 Å². The van der Waals surface area contributed by atoms with E-state index in [2.05, 4.69) is 16.3 Å². The molecule has 1 saturated heterocycles. The number of carbonyl (C=O) groups is 1. The van der Waals surface area contributed by atoms with Gasteiger partial charge < -0.3 is 0 Å². The monoisotopic (exact) mass is 447 g/mol. The summed E-state index contributed by atoms with van der Waals surface area (Å²) < 4.78 is 27.4. The summed E-state index contributed by atoms with van der Waals surface area (Å²) in [5.41, 5.74) is 1.43. The number of carbonyl (C=O) groups excluding carboxylic acids is 1. The maximum Gasteiger partial charge on any atom is 0.243 e. The summed E-state index contributed by atoms with van der Waals surface area (Å²) in [6.45, 7) is 4.31. The number of hydrogen-bond donors (Lipinski definition) is 0. The lowest BCUT2D eigenvalue weighted by molar-refractivity contribution is 0.101. The van der Waals surface area contributed by atoms with Gasteiger partial charge in [-0.25, -0.2) is 13.4 Å². The predicted molar refractivity (Wildman–Crippen MR) is 116 cm³/mol. The Morgan fingerprint density at radius 3 is 2.59 bits per heavy atom. The van der Waals surface area contributed by atoms with E-state index in [1.807, 2.05) is 11.4 Å². The fraction of sp³-hybridized carbons (Fsp3) is 0.300. The SMILES string of the molecule is CC(=O)c1cccc(S(=O)(=O)N2CCN(Cc3csc(-c4cccs4)n3)CC2)c1. The molecule has 152 valence electrons. The van der Waals surface area contributed by atoms with Crippen LogP contribution < -0.4 is 0 Å². The van der Waals surface area contributed by atoms with Crippen molar-refractivity contribution in [3.05, 3.63) is 58.4 Å². The number of hydrogen-bond acceptors (Lipinski definition) is 7. The summed E-state index contributed by atoms with van der Waals surface area (Å²) in [6.07, 6.45) is 0. The number of nitrogens with zero attached hydrogens (tertiary/aromatic N) is 3. The molecule has 0 bridgehead atoms. The van der Waals surface area contributed by atoms with Crippen LogP contribution in [0.2, 0.25) is 0 Å². The first-order valence-electron chi connectivity index (χ1n) is 9.25. The van der Waals surface area contributed by atoms with E-state index >= 15 is 0 Å². The summed E-state index contributed by atoms with van der Waals surface area (Å²) in [5.74, 6) is -0.142. The van der Waals surface area contributed by atoms with Crippen molar-refractivity contribution in [1.82, 2.24) is 14.2 Å². The van der Waals surface area contributed by atoms with Crippen molar-refractivity contribution in [3.63, 3.8) is 0 Å². The topological polar surface area (TPSA) is 70.6 Å². The lowest BCUT2D eigenvalue weighted by atomic mass is 10.2. The van der Waals surface area contributed by atoms with E-state index in [0.717, 1.165) is 17.2 Å². The zero-order chi connectivity index (χ0) is 20.4. The van der Waals surface area contributed by atoms with Crippen molar-refractivity contribution in [2.24, 2.45) is 0 Å². The highest BCUT2D eigenvalue weighted by Crippen LogP contribution is 2.28. The summed E-state index contributed by atoms with van der Waals surface area (Å²) in [4.78, 5) is 19.9. The standard InChI is InChI=1S/C20H21N3O3S3/c1-15(24)16-4-2-5-18(12-16)29(25,26)23-9-7-22(8-10-23)13-17-14-28-20(21-17)19-6-3-11-27-19/h2-6,11-12,14H,7-10,13H2,1H3. The fourth-order valence-corrected chi connectivity index (χ4v) is 6.37. The number of rotatable bonds is 6. The second kappa shape index (κ2) is 8.45. The van der Waals surface area contributed by atoms with Gasteiger partial charge in [0.2, 0.25) is 10.0 Å². The molecule has 0 aliphatic carbocycles. The Balaban J connectivity index is 1.39. The van der Waals surface area contributed by atoms with Crippen LogP contribution >= 0.6 is 22.7 Å². The lowest BCUT2D eigenvalue weighted by Gasteiger charge is -2.33. The molecule has 1 fully saturated rings. The predicted octanol–water partition coefficient (Wildman–Crippen LogP) is 3.58. The molecule has 0 N–H and O–H groups in total. The van der Waals surface area contributed by atoms with Gasteiger partial charge in [0.1, 0.15) is 5.01 Å². The molecule has 0 atom stereocenters. The third-order valence-corrected chi connectivity index (χ3v) is 8.70. The molecular formula is C20H21N3O3S3. The van der Waals surface area contributed by atoms with E-state index in [4.69, 9.17) is 4.98 Å². The molecule has 0 unspecified atom stereocenters. The number of thiazole rings is 1. The van der Waals surface area contributed by atoms with Gasteiger partial charge in [-0.15, -0.1) is 22.7 Å². The molecule has 0 radical (unpaired) electrons. The van der Waals surface area contributed by atoms with Crippen LogP contribution in [0, 0.1) is 0 Å².